The molecule has 28 heavy (non-hydrogen) atoms. The van der Waals surface area contributed by atoms with E-state index in [2.05, 4.69) is 15.3 Å². The summed E-state index contributed by atoms with van der Waals surface area (Å²) >= 11 is 0. The highest BCUT2D eigenvalue weighted by atomic mass is 19.4. The summed E-state index contributed by atoms with van der Waals surface area (Å²) in [7, 11) is 0. The van der Waals surface area contributed by atoms with E-state index < -0.39 is 24.5 Å². The molecule has 6 nitrogen and oxygen atoms in total. The maximum Gasteiger partial charge on any atom is 0.405 e. The number of benzene rings is 1. The number of nitrogens with one attached hydrogen (secondary N) is 2. The fourth-order valence-corrected chi connectivity index (χ4v) is 3.03. The number of anilines is 3. The number of rotatable bonds is 5. The number of carbonyl (C=O) groups excluding carboxylic acids is 1. The van der Waals surface area contributed by atoms with Crippen molar-refractivity contribution in [2.24, 2.45) is 5.92 Å². The van der Waals surface area contributed by atoms with Gasteiger partial charge in [-0.1, -0.05) is 17.7 Å². The summed E-state index contributed by atoms with van der Waals surface area (Å²) < 4.78 is 36.7. The zero-order chi connectivity index (χ0) is 20.1. The summed E-state index contributed by atoms with van der Waals surface area (Å²) in [4.78, 5) is 22.6. The van der Waals surface area contributed by atoms with Crippen LogP contribution in [0.5, 0.6) is 0 Å². The molecule has 2 aromatic rings. The first-order chi connectivity index (χ1) is 13.3. The van der Waals surface area contributed by atoms with Crippen molar-refractivity contribution in [3.8, 4) is 0 Å². The van der Waals surface area contributed by atoms with E-state index in [9.17, 15) is 18.0 Å². The third kappa shape index (κ3) is 5.58. The van der Waals surface area contributed by atoms with Crippen LogP contribution in [0.1, 0.15) is 18.4 Å². The highest BCUT2D eigenvalue weighted by Gasteiger charge is 2.31. The zero-order valence-corrected chi connectivity index (χ0v) is 15.5. The van der Waals surface area contributed by atoms with Crippen LogP contribution < -0.4 is 15.5 Å². The number of amides is 1. The Balaban J connectivity index is 1.55. The standard InChI is InChI=1S/C19H22F3N5O/c1-13-2-4-15(5-3-13)25-16-6-9-23-18(26-16)27-10-7-14(8-11-27)17(28)24-12-19(20,21)22/h2-6,9,14H,7-8,10-12H2,1H3,(H,24,28)(H,23,25,26). The van der Waals surface area contributed by atoms with Gasteiger partial charge in [-0.05, 0) is 38.0 Å². The van der Waals surface area contributed by atoms with Crippen LogP contribution >= 0.6 is 0 Å². The van der Waals surface area contributed by atoms with E-state index in [0.717, 1.165) is 11.3 Å². The Bertz CT molecular complexity index is 802. The third-order valence-corrected chi connectivity index (χ3v) is 4.58. The van der Waals surface area contributed by atoms with Crippen molar-refractivity contribution < 1.29 is 18.0 Å². The summed E-state index contributed by atoms with van der Waals surface area (Å²) in [6.45, 7) is 1.75. The number of hydrogen-bond acceptors (Lipinski definition) is 5. The Morgan fingerprint density at radius 1 is 1.18 bits per heavy atom. The van der Waals surface area contributed by atoms with Gasteiger partial charge in [-0.25, -0.2) is 4.98 Å². The van der Waals surface area contributed by atoms with Crippen molar-refractivity contribution in [3.63, 3.8) is 0 Å². The van der Waals surface area contributed by atoms with Gasteiger partial charge in [0.25, 0.3) is 0 Å². The Morgan fingerprint density at radius 2 is 1.86 bits per heavy atom. The van der Waals surface area contributed by atoms with Gasteiger partial charge in [-0.3, -0.25) is 4.79 Å². The van der Waals surface area contributed by atoms with Gasteiger partial charge < -0.3 is 15.5 Å². The van der Waals surface area contributed by atoms with Crippen LogP contribution in [-0.4, -0.2) is 41.7 Å². The summed E-state index contributed by atoms with van der Waals surface area (Å²) in [6, 6.07) is 9.68. The Hall–Kier alpha value is -2.84. The number of alkyl halides is 3. The topological polar surface area (TPSA) is 70.2 Å². The molecule has 1 aromatic heterocycles. The molecular formula is C19H22F3N5O. The van der Waals surface area contributed by atoms with Gasteiger partial charge in [0.05, 0.1) is 0 Å². The quantitative estimate of drug-likeness (QED) is 0.815. The van der Waals surface area contributed by atoms with E-state index >= 15 is 0 Å². The molecule has 0 bridgehead atoms. The molecule has 0 spiro atoms. The van der Waals surface area contributed by atoms with Crippen LogP contribution in [0.25, 0.3) is 0 Å². The first-order valence-corrected chi connectivity index (χ1v) is 9.06. The molecule has 0 aliphatic carbocycles. The molecule has 2 N–H and O–H groups in total. The first kappa shape index (κ1) is 19.9. The number of piperidine rings is 1. The van der Waals surface area contributed by atoms with Crippen LogP contribution in [0.3, 0.4) is 0 Å². The second kappa shape index (κ2) is 8.45. The van der Waals surface area contributed by atoms with Crippen LogP contribution in [0, 0.1) is 12.8 Å². The Kier molecular flexibility index (Phi) is 6.01. The van der Waals surface area contributed by atoms with Crippen LogP contribution in [-0.2, 0) is 4.79 Å². The lowest BCUT2D eigenvalue weighted by Gasteiger charge is -2.31. The van der Waals surface area contributed by atoms with Gasteiger partial charge in [0, 0.05) is 30.9 Å². The minimum Gasteiger partial charge on any atom is -0.347 e. The molecule has 2 heterocycles. The highest BCUT2D eigenvalue weighted by molar-refractivity contribution is 5.79. The van der Waals surface area contributed by atoms with Crippen LogP contribution in [0.4, 0.5) is 30.6 Å². The maximum atomic E-state index is 12.2. The summed E-state index contributed by atoms with van der Waals surface area (Å²) in [5, 5.41) is 5.18. The Morgan fingerprint density at radius 3 is 2.50 bits per heavy atom. The SMILES string of the molecule is Cc1ccc(Nc2ccnc(N3CCC(C(=O)NCC(F)(F)F)CC3)n2)cc1. The lowest BCUT2D eigenvalue weighted by Crippen LogP contribution is -2.43. The lowest BCUT2D eigenvalue weighted by atomic mass is 9.96. The van der Waals surface area contributed by atoms with Crippen molar-refractivity contribution in [2.45, 2.75) is 25.9 Å². The minimum absolute atomic E-state index is 0.424. The number of aryl methyl sites for hydroxylation is 1. The molecular weight excluding hydrogens is 371 g/mol. The van der Waals surface area contributed by atoms with Crippen molar-refractivity contribution >= 4 is 23.4 Å². The smallest absolute Gasteiger partial charge is 0.347 e. The van der Waals surface area contributed by atoms with E-state index in [1.807, 2.05) is 41.4 Å². The van der Waals surface area contributed by atoms with Crippen molar-refractivity contribution in [3.05, 3.63) is 42.1 Å². The molecule has 0 unspecified atom stereocenters. The monoisotopic (exact) mass is 393 g/mol. The number of nitrogens with zero attached hydrogens (tertiary/aromatic N) is 3. The van der Waals surface area contributed by atoms with E-state index in [-0.39, 0.29) is 0 Å². The molecule has 1 aliphatic rings. The predicted octanol–water partition coefficient (Wildman–Crippen LogP) is 3.42. The summed E-state index contributed by atoms with van der Waals surface area (Å²) in [5.41, 5.74) is 2.08. The zero-order valence-electron chi connectivity index (χ0n) is 15.5. The van der Waals surface area contributed by atoms with Gasteiger partial charge in [-0.15, -0.1) is 0 Å². The fraction of sp³-hybridized carbons (Fsp3) is 0.421. The van der Waals surface area contributed by atoms with Crippen molar-refractivity contribution in [2.75, 3.05) is 29.9 Å². The molecule has 1 aliphatic heterocycles. The molecule has 0 radical (unpaired) electrons. The Labute approximate surface area is 161 Å². The van der Waals surface area contributed by atoms with E-state index in [1.54, 1.807) is 12.3 Å². The second-order valence-electron chi connectivity index (χ2n) is 6.83. The largest absolute Gasteiger partial charge is 0.405 e. The number of hydrogen-bond donors (Lipinski definition) is 2. The normalized spacial score (nSPS) is 15.4. The maximum absolute atomic E-state index is 12.2. The average Bonchev–Trinajstić information content (AvgIpc) is 2.68. The second-order valence-corrected chi connectivity index (χ2v) is 6.83. The highest BCUT2D eigenvalue weighted by Crippen LogP contribution is 2.23. The van der Waals surface area contributed by atoms with E-state index in [0.29, 0.717) is 37.7 Å². The third-order valence-electron chi connectivity index (χ3n) is 4.58. The van der Waals surface area contributed by atoms with Crippen LogP contribution in [0.2, 0.25) is 0 Å². The summed E-state index contributed by atoms with van der Waals surface area (Å²) in [5.74, 6) is 0.213. The molecule has 1 amide bonds. The number of carbonyl (C=O) groups is 1. The molecule has 0 saturated carbocycles. The van der Waals surface area contributed by atoms with Crippen molar-refractivity contribution in [1.82, 2.24) is 15.3 Å². The molecule has 1 aromatic carbocycles. The molecule has 1 saturated heterocycles. The predicted molar refractivity (Wildman–Crippen MR) is 100 cm³/mol. The average molecular weight is 393 g/mol. The van der Waals surface area contributed by atoms with Gasteiger partial charge in [0.1, 0.15) is 12.4 Å². The molecule has 3 rings (SSSR count). The van der Waals surface area contributed by atoms with Gasteiger partial charge >= 0.3 is 6.18 Å². The molecule has 1 fully saturated rings. The number of halogens is 3. The molecule has 9 heteroatoms. The van der Waals surface area contributed by atoms with Gasteiger partial charge in [-0.2, -0.15) is 18.2 Å². The van der Waals surface area contributed by atoms with Crippen LogP contribution in [0.15, 0.2) is 36.5 Å². The molecule has 150 valence electrons. The fourth-order valence-electron chi connectivity index (χ4n) is 3.03. The van der Waals surface area contributed by atoms with E-state index in [4.69, 9.17) is 0 Å². The molecule has 0 atom stereocenters. The first-order valence-electron chi connectivity index (χ1n) is 9.06. The van der Waals surface area contributed by atoms with Crippen molar-refractivity contribution in [1.29, 1.82) is 0 Å². The number of aromatic nitrogens is 2. The minimum atomic E-state index is -4.39. The lowest BCUT2D eigenvalue weighted by molar-refractivity contribution is -0.141. The van der Waals surface area contributed by atoms with Gasteiger partial charge in [0.15, 0.2) is 0 Å². The summed E-state index contributed by atoms with van der Waals surface area (Å²) in [6.07, 6.45) is -1.82. The van der Waals surface area contributed by atoms with Gasteiger partial charge in [0.2, 0.25) is 11.9 Å². The van der Waals surface area contributed by atoms with E-state index in [1.165, 1.54) is 0 Å².